The minimum absolute atomic E-state index is 0.0246. The Balaban J connectivity index is 1.72. The number of aromatic nitrogens is 2. The zero-order valence-electron chi connectivity index (χ0n) is 19.1. The number of fused-ring (bicyclic) bond motifs is 1. The fourth-order valence-electron chi connectivity index (χ4n) is 4.17. The first-order valence-corrected chi connectivity index (χ1v) is 12.3. The number of anilines is 1. The van der Waals surface area contributed by atoms with E-state index >= 15 is 0 Å². The zero-order valence-corrected chi connectivity index (χ0v) is 21.5. The van der Waals surface area contributed by atoms with Gasteiger partial charge in [-0.3, -0.25) is 19.5 Å². The molecule has 0 spiro atoms. The Morgan fingerprint density at radius 1 is 1.11 bits per heavy atom. The van der Waals surface area contributed by atoms with E-state index in [1.165, 1.54) is 16.2 Å². The topological polar surface area (TPSA) is 92.6 Å². The smallest absolute Gasteiger partial charge is 0.301 e. The molecular weight excluding hydrogens is 530 g/mol. The van der Waals surface area contributed by atoms with E-state index < -0.39 is 17.7 Å². The molecule has 0 aliphatic carbocycles. The van der Waals surface area contributed by atoms with Gasteiger partial charge in [0.25, 0.3) is 5.78 Å². The van der Waals surface area contributed by atoms with Crippen LogP contribution >= 0.6 is 27.3 Å². The van der Waals surface area contributed by atoms with Crippen molar-refractivity contribution in [1.82, 2.24) is 9.97 Å². The standard InChI is InChI=1S/C26H20BrN3O4S/c1-13-10-15(7-8-16(13)27)23(31)21-22(17-6-4-5-9-28-17)30(25(33)24(21)32)26-29-18-11-14(2)19(34-3)12-20(18)35-26/h4-12,22,31H,1-3H3/b23-21+. The number of aliphatic hydroxyl groups is 1. The third-order valence-corrected chi connectivity index (χ3v) is 7.85. The number of amides is 1. The first kappa shape index (κ1) is 23.2. The molecule has 7 nitrogen and oxygen atoms in total. The van der Waals surface area contributed by atoms with Crippen LogP contribution in [0.4, 0.5) is 5.13 Å². The lowest BCUT2D eigenvalue weighted by Crippen LogP contribution is -2.29. The van der Waals surface area contributed by atoms with E-state index in [2.05, 4.69) is 25.9 Å². The van der Waals surface area contributed by atoms with Gasteiger partial charge in [-0.2, -0.15) is 0 Å². The number of aryl methyl sites for hydroxylation is 2. The van der Waals surface area contributed by atoms with Gasteiger partial charge in [0.2, 0.25) is 0 Å². The lowest BCUT2D eigenvalue weighted by molar-refractivity contribution is -0.132. The number of halogens is 1. The van der Waals surface area contributed by atoms with Crippen LogP contribution in [0.5, 0.6) is 5.75 Å². The number of Topliss-reactive ketones (excluding diaryl/α,β-unsaturated/α-hetero) is 1. The van der Waals surface area contributed by atoms with Crippen molar-refractivity contribution in [3.05, 3.63) is 87.2 Å². The quantitative estimate of drug-likeness (QED) is 0.199. The minimum atomic E-state index is -0.927. The molecule has 1 aliphatic rings. The summed E-state index contributed by atoms with van der Waals surface area (Å²) in [5, 5.41) is 11.6. The van der Waals surface area contributed by atoms with Crippen LogP contribution in [0, 0.1) is 13.8 Å². The molecule has 1 atom stereocenters. The van der Waals surface area contributed by atoms with E-state index in [4.69, 9.17) is 4.74 Å². The number of pyridine rings is 1. The molecule has 5 rings (SSSR count). The molecule has 2 aromatic heterocycles. The van der Waals surface area contributed by atoms with Gasteiger partial charge in [-0.1, -0.05) is 39.4 Å². The Kier molecular flexibility index (Phi) is 5.90. The van der Waals surface area contributed by atoms with E-state index in [-0.39, 0.29) is 11.3 Å². The van der Waals surface area contributed by atoms with E-state index in [1.807, 2.05) is 26.0 Å². The first-order chi connectivity index (χ1) is 16.8. The number of carbonyl (C=O) groups is 2. The second kappa shape index (κ2) is 8.90. The monoisotopic (exact) mass is 549 g/mol. The normalized spacial score (nSPS) is 17.4. The van der Waals surface area contributed by atoms with Gasteiger partial charge < -0.3 is 9.84 Å². The SMILES string of the molecule is COc1cc2sc(N3C(=O)C(=O)/C(=C(/O)c4ccc(Br)c(C)c4)C3c3ccccn3)nc2cc1C. The van der Waals surface area contributed by atoms with Gasteiger partial charge in [-0.05, 0) is 61.4 Å². The van der Waals surface area contributed by atoms with Gasteiger partial charge in [-0.25, -0.2) is 4.98 Å². The molecule has 3 heterocycles. The van der Waals surface area contributed by atoms with Crippen LogP contribution < -0.4 is 9.64 Å². The molecule has 2 aromatic carbocycles. The summed E-state index contributed by atoms with van der Waals surface area (Å²) in [7, 11) is 1.60. The molecule has 1 saturated heterocycles. The van der Waals surface area contributed by atoms with Gasteiger partial charge in [0.15, 0.2) is 5.13 Å². The Morgan fingerprint density at radius 3 is 2.60 bits per heavy atom. The van der Waals surface area contributed by atoms with Gasteiger partial charge >= 0.3 is 5.91 Å². The molecule has 35 heavy (non-hydrogen) atoms. The Labute approximate surface area is 213 Å². The maximum Gasteiger partial charge on any atom is 0.301 e. The number of carbonyl (C=O) groups excluding carboxylic acids is 2. The number of ether oxygens (including phenoxy) is 1. The van der Waals surface area contributed by atoms with E-state index in [0.29, 0.717) is 27.7 Å². The van der Waals surface area contributed by atoms with Crippen LogP contribution in [0.2, 0.25) is 0 Å². The number of methoxy groups -OCH3 is 1. The van der Waals surface area contributed by atoms with E-state index in [1.54, 1.807) is 49.7 Å². The highest BCUT2D eigenvalue weighted by Gasteiger charge is 2.48. The van der Waals surface area contributed by atoms with Crippen LogP contribution in [0.25, 0.3) is 16.0 Å². The van der Waals surface area contributed by atoms with E-state index in [9.17, 15) is 14.7 Å². The summed E-state index contributed by atoms with van der Waals surface area (Å²) >= 11 is 4.73. The maximum absolute atomic E-state index is 13.4. The predicted octanol–water partition coefficient (Wildman–Crippen LogP) is 5.71. The van der Waals surface area contributed by atoms with E-state index in [0.717, 1.165) is 20.3 Å². The van der Waals surface area contributed by atoms with Crippen molar-refractivity contribution in [2.75, 3.05) is 12.0 Å². The highest BCUT2D eigenvalue weighted by atomic mass is 79.9. The molecular formula is C26H20BrN3O4S. The number of nitrogens with zero attached hydrogens (tertiary/aromatic N) is 3. The van der Waals surface area contributed by atoms with Gasteiger partial charge in [0, 0.05) is 16.2 Å². The summed E-state index contributed by atoms with van der Waals surface area (Å²) in [5.74, 6) is -1.09. The van der Waals surface area contributed by atoms with Crippen molar-refractivity contribution >= 4 is 60.1 Å². The van der Waals surface area contributed by atoms with Crippen LogP contribution in [-0.2, 0) is 9.59 Å². The Bertz CT molecular complexity index is 1530. The van der Waals surface area contributed by atoms with Crippen LogP contribution in [0.3, 0.4) is 0 Å². The van der Waals surface area contributed by atoms with Crippen molar-refractivity contribution in [2.45, 2.75) is 19.9 Å². The molecule has 176 valence electrons. The Morgan fingerprint density at radius 2 is 1.91 bits per heavy atom. The molecule has 1 amide bonds. The van der Waals surface area contributed by atoms with Gasteiger partial charge in [0.05, 0.1) is 28.6 Å². The molecule has 0 bridgehead atoms. The zero-order chi connectivity index (χ0) is 24.9. The molecule has 1 unspecified atom stereocenters. The second-order valence-corrected chi connectivity index (χ2v) is 10.0. The number of thiazole rings is 1. The first-order valence-electron chi connectivity index (χ1n) is 10.7. The lowest BCUT2D eigenvalue weighted by Gasteiger charge is -2.22. The van der Waals surface area contributed by atoms with Gasteiger partial charge in [0.1, 0.15) is 17.6 Å². The van der Waals surface area contributed by atoms with Crippen molar-refractivity contribution < 1.29 is 19.4 Å². The number of ketones is 1. The summed E-state index contributed by atoms with van der Waals surface area (Å²) in [4.78, 5) is 37.1. The summed E-state index contributed by atoms with van der Waals surface area (Å²) < 4.78 is 7.11. The minimum Gasteiger partial charge on any atom is -0.507 e. The average Bonchev–Trinajstić information content (AvgIpc) is 3.37. The molecule has 1 N–H and O–H groups in total. The number of hydrogen-bond acceptors (Lipinski definition) is 7. The third kappa shape index (κ3) is 3.90. The number of hydrogen-bond donors (Lipinski definition) is 1. The van der Waals surface area contributed by atoms with Crippen molar-refractivity contribution in [3.8, 4) is 5.75 Å². The van der Waals surface area contributed by atoms with Crippen LogP contribution in [0.15, 0.2) is 64.8 Å². The summed E-state index contributed by atoms with van der Waals surface area (Å²) in [6.07, 6.45) is 1.59. The summed E-state index contributed by atoms with van der Waals surface area (Å²) in [5.41, 5.74) is 3.35. The van der Waals surface area contributed by atoms with Crippen LogP contribution in [0.1, 0.15) is 28.4 Å². The fourth-order valence-corrected chi connectivity index (χ4v) is 5.41. The molecule has 4 aromatic rings. The fraction of sp³-hybridized carbons (Fsp3) is 0.154. The van der Waals surface area contributed by atoms with Gasteiger partial charge in [-0.15, -0.1) is 0 Å². The van der Waals surface area contributed by atoms with Crippen LogP contribution in [-0.4, -0.2) is 33.9 Å². The summed E-state index contributed by atoms with van der Waals surface area (Å²) in [6.45, 7) is 3.80. The maximum atomic E-state index is 13.4. The number of benzene rings is 2. The van der Waals surface area contributed by atoms with Crippen molar-refractivity contribution in [1.29, 1.82) is 0 Å². The number of aliphatic hydroxyl groups excluding tert-OH is 1. The molecule has 9 heteroatoms. The largest absolute Gasteiger partial charge is 0.507 e. The Hall–Kier alpha value is -3.56. The second-order valence-electron chi connectivity index (χ2n) is 8.17. The molecule has 1 fully saturated rings. The third-order valence-electron chi connectivity index (χ3n) is 5.94. The molecule has 0 radical (unpaired) electrons. The summed E-state index contributed by atoms with van der Waals surface area (Å²) in [6, 6.07) is 13.3. The average molecular weight is 550 g/mol. The van der Waals surface area contributed by atoms with Crippen molar-refractivity contribution in [3.63, 3.8) is 0 Å². The highest BCUT2D eigenvalue weighted by molar-refractivity contribution is 9.10. The lowest BCUT2D eigenvalue weighted by atomic mass is 9.98. The predicted molar refractivity (Wildman–Crippen MR) is 139 cm³/mol. The molecule has 1 aliphatic heterocycles. The molecule has 0 saturated carbocycles. The highest BCUT2D eigenvalue weighted by Crippen LogP contribution is 2.44. The van der Waals surface area contributed by atoms with Crippen molar-refractivity contribution in [2.24, 2.45) is 0 Å². The number of rotatable bonds is 4.